The zero-order valence-corrected chi connectivity index (χ0v) is 47.6. The molecule has 10 rings (SSSR count). The van der Waals surface area contributed by atoms with Gasteiger partial charge >= 0.3 is 0 Å². The quantitative estimate of drug-likeness (QED) is 0.149. The Bertz CT molecular complexity index is 3500. The van der Waals surface area contributed by atoms with Crippen LogP contribution < -0.4 is 14.5 Å². The standard InChI is InChI=1S/C67H69N4O.Pt/c1-42-33-61(68-40-56(42)45-27-29-46(30-28-45)64(4,5)6)71-57-24-17-16-23-54(57)63-55(62-43(2)31-47(32-44(62)3)65(7,8)9)38-53(39-60(63)71)72-52-22-20-21-50(37-52)69-41-70(59-26-19-18-25-58(59)69)51-35-48(66(10,11)12)34-49(36-51)67(13,14)15;/h16-36,38,40-41H,1-15H3;/q-3;. The first kappa shape index (κ1) is 51.5. The van der Waals surface area contributed by atoms with E-state index in [0.717, 1.165) is 72.6 Å². The molecule has 0 bridgehead atoms. The first-order chi connectivity index (χ1) is 33.9. The maximum Gasteiger partial charge on any atom is 0.135 e. The molecule has 1 aliphatic rings. The number of benzene rings is 7. The molecule has 1 aliphatic heterocycles. The van der Waals surface area contributed by atoms with Crippen LogP contribution in [0.4, 0.5) is 22.7 Å². The number of hydrogen-bond donors (Lipinski definition) is 0. The summed E-state index contributed by atoms with van der Waals surface area (Å²) in [6.45, 7) is 36.2. The number of aryl methyl sites for hydroxylation is 3. The second-order valence-corrected chi connectivity index (χ2v) is 24.2. The van der Waals surface area contributed by atoms with Crippen molar-refractivity contribution in [1.82, 2.24) is 9.55 Å². The number of rotatable bonds is 7. The van der Waals surface area contributed by atoms with Gasteiger partial charge in [0.05, 0.1) is 0 Å². The van der Waals surface area contributed by atoms with Gasteiger partial charge in [0.1, 0.15) is 5.82 Å². The summed E-state index contributed by atoms with van der Waals surface area (Å²) in [6.07, 6.45) is 2.03. The fraction of sp³-hybridized carbons (Fsp3) is 0.284. The maximum absolute atomic E-state index is 7.03. The zero-order chi connectivity index (χ0) is 51.2. The van der Waals surface area contributed by atoms with E-state index in [-0.39, 0.29) is 42.7 Å². The molecular weight excluding hydrogens is 1070 g/mol. The predicted molar refractivity (Wildman–Crippen MR) is 304 cm³/mol. The van der Waals surface area contributed by atoms with Crippen LogP contribution >= 0.6 is 0 Å². The molecule has 0 radical (unpaired) electrons. The summed E-state index contributed by atoms with van der Waals surface area (Å²) in [5, 5.41) is 2.24. The van der Waals surface area contributed by atoms with Gasteiger partial charge in [-0.05, 0) is 134 Å². The number of hydrogen-bond acceptors (Lipinski definition) is 4. The second-order valence-electron chi connectivity index (χ2n) is 24.2. The molecule has 376 valence electrons. The van der Waals surface area contributed by atoms with Crippen LogP contribution in [0.3, 0.4) is 0 Å². The van der Waals surface area contributed by atoms with E-state index in [1.165, 1.54) is 38.9 Å². The van der Waals surface area contributed by atoms with Crippen LogP contribution in [0.25, 0.3) is 49.9 Å². The number of pyridine rings is 1. The molecule has 0 spiro atoms. The van der Waals surface area contributed by atoms with Crippen LogP contribution in [-0.2, 0) is 42.7 Å². The van der Waals surface area contributed by atoms with Crippen LogP contribution in [0.5, 0.6) is 11.5 Å². The maximum atomic E-state index is 7.03. The number of anilines is 4. The predicted octanol–water partition coefficient (Wildman–Crippen LogP) is 18.4. The molecule has 0 atom stereocenters. The molecule has 3 heterocycles. The fourth-order valence-corrected chi connectivity index (χ4v) is 10.3. The van der Waals surface area contributed by atoms with Gasteiger partial charge in [-0.1, -0.05) is 167 Å². The average molecular weight is 1140 g/mol. The van der Waals surface area contributed by atoms with E-state index in [2.05, 4.69) is 264 Å². The number of aromatic nitrogens is 2. The molecular formula is C67H69N4OPt-3. The van der Waals surface area contributed by atoms with E-state index in [4.69, 9.17) is 9.72 Å². The number of ether oxygens (including phenoxy) is 1. The Balaban J connectivity index is 0.00000656. The first-order valence-corrected chi connectivity index (χ1v) is 25.5. The van der Waals surface area contributed by atoms with Crippen LogP contribution in [0.15, 0.2) is 140 Å². The summed E-state index contributed by atoms with van der Waals surface area (Å²) in [4.78, 5) is 9.77. The van der Waals surface area contributed by atoms with Crippen molar-refractivity contribution in [2.75, 3.05) is 9.80 Å². The van der Waals surface area contributed by atoms with Crippen molar-refractivity contribution in [3.63, 3.8) is 0 Å². The van der Waals surface area contributed by atoms with Crippen LogP contribution in [0.2, 0.25) is 0 Å². The Kier molecular flexibility index (Phi) is 13.3. The summed E-state index contributed by atoms with van der Waals surface area (Å²) >= 11 is 0. The Morgan fingerprint density at radius 2 is 1.08 bits per heavy atom. The second kappa shape index (κ2) is 18.8. The minimum absolute atomic E-state index is 0. The van der Waals surface area contributed by atoms with Gasteiger partial charge in [-0.25, -0.2) is 4.98 Å². The van der Waals surface area contributed by atoms with Crippen LogP contribution in [-0.4, -0.2) is 9.55 Å². The summed E-state index contributed by atoms with van der Waals surface area (Å²) in [6, 6.07) is 56.0. The SMILES string of the molecule is Cc1cc(-n2c3[c-]c(Oc4[c-]c(N5[CH-]N(c6cc(C(C)(C)C)cc(C(C)(C)C)c6)c6ccccc65)ccc4)cc(-c4c(C)cc(C(C)(C)C)cc4C)c3c3ccccc32)ncc1-c1ccc(C(C)(C)C)cc1.[Pt]. The Labute approximate surface area is 449 Å². The number of nitrogens with zero attached hydrogens (tertiary/aromatic N) is 4. The molecule has 0 amide bonds. The fourth-order valence-electron chi connectivity index (χ4n) is 10.3. The molecule has 0 N–H and O–H groups in total. The van der Waals surface area contributed by atoms with Crippen molar-refractivity contribution in [2.24, 2.45) is 0 Å². The minimum atomic E-state index is -0.0185. The van der Waals surface area contributed by atoms with Gasteiger partial charge in [0.25, 0.3) is 0 Å². The molecule has 9 aromatic rings. The van der Waals surface area contributed by atoms with E-state index in [9.17, 15) is 0 Å². The van der Waals surface area contributed by atoms with E-state index in [1.54, 1.807) is 0 Å². The molecule has 73 heavy (non-hydrogen) atoms. The molecule has 7 aromatic carbocycles. The number of fused-ring (bicyclic) bond motifs is 4. The molecule has 0 saturated carbocycles. The molecule has 6 heteroatoms. The van der Waals surface area contributed by atoms with Crippen molar-refractivity contribution >= 4 is 44.6 Å². The van der Waals surface area contributed by atoms with Gasteiger partial charge in [-0.3, -0.25) is 0 Å². The Hall–Kier alpha value is -6.42. The third kappa shape index (κ3) is 9.79. The van der Waals surface area contributed by atoms with Gasteiger partial charge in [-0.2, -0.15) is 6.07 Å². The smallest absolute Gasteiger partial charge is 0.135 e. The first-order valence-electron chi connectivity index (χ1n) is 25.5. The molecule has 2 aromatic heterocycles. The van der Waals surface area contributed by atoms with Gasteiger partial charge in [0.2, 0.25) is 0 Å². The van der Waals surface area contributed by atoms with Gasteiger partial charge < -0.3 is 19.1 Å². The molecule has 0 aliphatic carbocycles. The Morgan fingerprint density at radius 1 is 0.507 bits per heavy atom. The Morgan fingerprint density at radius 3 is 1.68 bits per heavy atom. The van der Waals surface area contributed by atoms with Crippen molar-refractivity contribution < 1.29 is 25.8 Å². The normalized spacial score (nSPS) is 13.2. The molecule has 5 nitrogen and oxygen atoms in total. The zero-order valence-electron chi connectivity index (χ0n) is 45.4. The summed E-state index contributed by atoms with van der Waals surface area (Å²) in [7, 11) is 0. The van der Waals surface area contributed by atoms with Crippen LogP contribution in [0.1, 0.15) is 122 Å². The molecule has 0 fully saturated rings. The van der Waals surface area contributed by atoms with Crippen molar-refractivity contribution in [1.29, 1.82) is 0 Å². The van der Waals surface area contributed by atoms with Crippen molar-refractivity contribution in [2.45, 2.75) is 126 Å². The third-order valence-electron chi connectivity index (χ3n) is 14.5. The molecule has 0 unspecified atom stereocenters. The van der Waals surface area contributed by atoms with E-state index in [1.807, 2.05) is 12.3 Å². The van der Waals surface area contributed by atoms with E-state index < -0.39 is 0 Å². The topological polar surface area (TPSA) is 33.5 Å². The summed E-state index contributed by atoms with van der Waals surface area (Å²) in [5.41, 5.74) is 19.6. The van der Waals surface area contributed by atoms with Crippen molar-refractivity contribution in [3.8, 4) is 39.6 Å². The van der Waals surface area contributed by atoms with Crippen LogP contribution in [0, 0.1) is 39.6 Å². The minimum Gasteiger partial charge on any atom is -0.509 e. The van der Waals surface area contributed by atoms with E-state index >= 15 is 0 Å². The van der Waals surface area contributed by atoms with Gasteiger partial charge in [0.15, 0.2) is 0 Å². The van der Waals surface area contributed by atoms with Crippen molar-refractivity contribution in [3.05, 3.63) is 197 Å². The third-order valence-corrected chi connectivity index (χ3v) is 14.5. The average Bonchev–Trinajstić information content (AvgIpc) is 3.87. The summed E-state index contributed by atoms with van der Waals surface area (Å²) in [5.74, 6) is 2.02. The van der Waals surface area contributed by atoms with E-state index in [0.29, 0.717) is 11.5 Å². The van der Waals surface area contributed by atoms with Gasteiger partial charge in [0, 0.05) is 66.9 Å². The monoisotopic (exact) mass is 1140 g/mol. The molecule has 0 saturated heterocycles. The largest absolute Gasteiger partial charge is 0.509 e. The number of para-hydroxylation sites is 3. The summed E-state index contributed by atoms with van der Waals surface area (Å²) < 4.78 is 9.30. The van der Waals surface area contributed by atoms with Gasteiger partial charge in [-0.15, -0.1) is 48.3 Å².